The van der Waals surface area contributed by atoms with E-state index in [1.54, 1.807) is 0 Å². The van der Waals surface area contributed by atoms with E-state index in [1.807, 2.05) is 0 Å². The molecule has 0 amide bonds. The molecule has 3 atom stereocenters. The summed E-state index contributed by atoms with van der Waals surface area (Å²) in [6, 6.07) is 1.28. The molecule has 2 rings (SSSR count). The van der Waals surface area contributed by atoms with Gasteiger partial charge in [-0.05, 0) is 58.0 Å². The molecule has 2 fully saturated rings. The van der Waals surface area contributed by atoms with Crippen LogP contribution < -0.4 is 5.73 Å². The monoisotopic (exact) mass is 210 g/mol. The first-order valence-electron chi connectivity index (χ1n) is 6.77. The van der Waals surface area contributed by atoms with Gasteiger partial charge in [-0.15, -0.1) is 0 Å². The Labute approximate surface area is 94.2 Å². The zero-order valence-electron chi connectivity index (χ0n) is 10.1. The fraction of sp³-hybridized carbons (Fsp3) is 1.00. The molecule has 15 heavy (non-hydrogen) atoms. The third kappa shape index (κ3) is 2.94. The Morgan fingerprint density at radius 2 is 1.93 bits per heavy atom. The molecule has 1 saturated heterocycles. The molecule has 1 aliphatic heterocycles. The highest BCUT2D eigenvalue weighted by molar-refractivity contribution is 4.87. The van der Waals surface area contributed by atoms with E-state index in [0.717, 1.165) is 12.0 Å². The smallest absolute Gasteiger partial charge is 0.0123 e. The van der Waals surface area contributed by atoms with Crippen molar-refractivity contribution in [1.29, 1.82) is 0 Å². The van der Waals surface area contributed by atoms with Crippen molar-refractivity contribution in [1.82, 2.24) is 4.90 Å². The normalized spacial score (nSPS) is 34.8. The molecule has 0 aromatic rings. The first-order chi connectivity index (χ1) is 7.27. The van der Waals surface area contributed by atoms with Crippen LogP contribution in [-0.2, 0) is 0 Å². The van der Waals surface area contributed by atoms with Gasteiger partial charge in [-0.3, -0.25) is 0 Å². The lowest BCUT2D eigenvalue weighted by Crippen LogP contribution is -2.47. The fourth-order valence-electron chi connectivity index (χ4n) is 3.38. The van der Waals surface area contributed by atoms with Crippen molar-refractivity contribution in [2.24, 2.45) is 11.7 Å². The molecular weight excluding hydrogens is 184 g/mol. The highest BCUT2D eigenvalue weighted by atomic mass is 15.2. The molecule has 3 unspecified atom stereocenters. The molecule has 0 aromatic carbocycles. The summed E-state index contributed by atoms with van der Waals surface area (Å²) in [4.78, 5) is 2.73. The van der Waals surface area contributed by atoms with E-state index in [2.05, 4.69) is 11.8 Å². The van der Waals surface area contributed by atoms with Gasteiger partial charge in [0.25, 0.3) is 0 Å². The summed E-state index contributed by atoms with van der Waals surface area (Å²) >= 11 is 0. The number of nitrogens with zero attached hydrogens (tertiary/aromatic N) is 1. The molecule has 0 spiro atoms. The van der Waals surface area contributed by atoms with E-state index in [4.69, 9.17) is 5.73 Å². The van der Waals surface area contributed by atoms with Gasteiger partial charge in [-0.1, -0.05) is 12.8 Å². The lowest BCUT2D eigenvalue weighted by Gasteiger charge is -2.44. The summed E-state index contributed by atoms with van der Waals surface area (Å²) in [5, 5.41) is 0. The maximum atomic E-state index is 5.85. The van der Waals surface area contributed by atoms with Crippen molar-refractivity contribution < 1.29 is 0 Å². The highest BCUT2D eigenvalue weighted by Crippen LogP contribution is 2.35. The van der Waals surface area contributed by atoms with Crippen LogP contribution in [-0.4, -0.2) is 30.1 Å². The van der Waals surface area contributed by atoms with Gasteiger partial charge in [0.1, 0.15) is 0 Å². The first kappa shape index (κ1) is 11.4. The first-order valence-corrected chi connectivity index (χ1v) is 6.77. The van der Waals surface area contributed by atoms with Crippen LogP contribution >= 0.6 is 0 Å². The van der Waals surface area contributed by atoms with Crippen molar-refractivity contribution in [3.8, 4) is 0 Å². The van der Waals surface area contributed by atoms with Crippen LogP contribution in [0.4, 0.5) is 0 Å². The highest BCUT2D eigenvalue weighted by Gasteiger charge is 2.32. The Morgan fingerprint density at radius 1 is 1.20 bits per heavy atom. The minimum atomic E-state index is 0.369. The molecular formula is C13H26N2. The van der Waals surface area contributed by atoms with Crippen LogP contribution in [0.5, 0.6) is 0 Å². The molecule has 0 bridgehead atoms. The standard InChI is InChI=1S/C13H26N2/c1-11(14)8-10-15-9-4-6-12-5-2-3-7-13(12)15/h11-13H,2-10,14H2,1H3. The number of hydrogen-bond donors (Lipinski definition) is 1. The van der Waals surface area contributed by atoms with E-state index < -0.39 is 0 Å². The van der Waals surface area contributed by atoms with Gasteiger partial charge < -0.3 is 10.6 Å². The molecule has 88 valence electrons. The zero-order chi connectivity index (χ0) is 10.7. The maximum Gasteiger partial charge on any atom is 0.0123 e. The second-order valence-corrected chi connectivity index (χ2v) is 5.56. The number of hydrogen-bond acceptors (Lipinski definition) is 2. The number of rotatable bonds is 3. The summed E-state index contributed by atoms with van der Waals surface area (Å²) < 4.78 is 0. The average molecular weight is 210 g/mol. The molecule has 0 aromatic heterocycles. The predicted molar refractivity (Wildman–Crippen MR) is 64.8 cm³/mol. The summed E-state index contributed by atoms with van der Waals surface area (Å²) in [5.74, 6) is 1.01. The van der Waals surface area contributed by atoms with Gasteiger partial charge in [-0.2, -0.15) is 0 Å². The second-order valence-electron chi connectivity index (χ2n) is 5.56. The third-order valence-corrected chi connectivity index (χ3v) is 4.23. The van der Waals surface area contributed by atoms with Gasteiger partial charge in [0.2, 0.25) is 0 Å². The van der Waals surface area contributed by atoms with E-state index in [0.29, 0.717) is 6.04 Å². The molecule has 1 aliphatic carbocycles. The van der Waals surface area contributed by atoms with Gasteiger partial charge in [0.05, 0.1) is 0 Å². The Kier molecular flexibility index (Phi) is 4.04. The van der Waals surface area contributed by atoms with Crippen molar-refractivity contribution in [2.45, 2.75) is 64.0 Å². The topological polar surface area (TPSA) is 29.3 Å². The summed E-state index contributed by atoms with van der Waals surface area (Å²) in [6.07, 6.45) is 9.93. The van der Waals surface area contributed by atoms with E-state index >= 15 is 0 Å². The minimum Gasteiger partial charge on any atom is -0.328 e. The predicted octanol–water partition coefficient (Wildman–Crippen LogP) is 2.38. The van der Waals surface area contributed by atoms with Gasteiger partial charge in [0, 0.05) is 12.1 Å². The quantitative estimate of drug-likeness (QED) is 0.775. The van der Waals surface area contributed by atoms with E-state index in [9.17, 15) is 0 Å². The van der Waals surface area contributed by atoms with Crippen LogP contribution in [0.1, 0.15) is 51.9 Å². The minimum absolute atomic E-state index is 0.369. The van der Waals surface area contributed by atoms with Gasteiger partial charge in [-0.25, -0.2) is 0 Å². The number of nitrogens with two attached hydrogens (primary N) is 1. The van der Waals surface area contributed by atoms with Crippen LogP contribution in [0.2, 0.25) is 0 Å². The zero-order valence-corrected chi connectivity index (χ0v) is 10.1. The van der Waals surface area contributed by atoms with Gasteiger partial charge in [0.15, 0.2) is 0 Å². The number of likely N-dealkylation sites (tertiary alicyclic amines) is 1. The molecule has 2 aliphatic rings. The fourth-order valence-corrected chi connectivity index (χ4v) is 3.38. The Morgan fingerprint density at radius 3 is 2.73 bits per heavy atom. The lowest BCUT2D eigenvalue weighted by atomic mass is 9.78. The summed E-state index contributed by atoms with van der Waals surface area (Å²) in [6.45, 7) is 4.69. The SMILES string of the molecule is CC(N)CCN1CCCC2CCCCC21. The number of piperidine rings is 1. The number of fused-ring (bicyclic) bond motifs is 1. The van der Waals surface area contributed by atoms with Crippen molar-refractivity contribution >= 4 is 0 Å². The molecule has 1 heterocycles. The Bertz CT molecular complexity index is 189. The molecule has 1 saturated carbocycles. The van der Waals surface area contributed by atoms with Crippen molar-refractivity contribution in [3.05, 3.63) is 0 Å². The summed E-state index contributed by atoms with van der Waals surface area (Å²) in [7, 11) is 0. The maximum absolute atomic E-state index is 5.85. The second kappa shape index (κ2) is 5.31. The van der Waals surface area contributed by atoms with Crippen LogP contribution in [0.25, 0.3) is 0 Å². The van der Waals surface area contributed by atoms with Crippen molar-refractivity contribution in [3.63, 3.8) is 0 Å². The van der Waals surface area contributed by atoms with Crippen LogP contribution in [0.3, 0.4) is 0 Å². The van der Waals surface area contributed by atoms with Crippen LogP contribution in [0.15, 0.2) is 0 Å². The summed E-state index contributed by atoms with van der Waals surface area (Å²) in [5.41, 5.74) is 5.85. The average Bonchev–Trinajstić information content (AvgIpc) is 2.26. The van der Waals surface area contributed by atoms with Gasteiger partial charge >= 0.3 is 0 Å². The van der Waals surface area contributed by atoms with Crippen LogP contribution in [0, 0.1) is 5.92 Å². The molecule has 2 nitrogen and oxygen atoms in total. The van der Waals surface area contributed by atoms with E-state index in [1.165, 1.54) is 58.0 Å². The molecule has 2 N–H and O–H groups in total. The Hall–Kier alpha value is -0.0800. The van der Waals surface area contributed by atoms with E-state index in [-0.39, 0.29) is 0 Å². The largest absolute Gasteiger partial charge is 0.328 e. The van der Waals surface area contributed by atoms with Crippen molar-refractivity contribution in [2.75, 3.05) is 13.1 Å². The Balaban J connectivity index is 1.86. The third-order valence-electron chi connectivity index (χ3n) is 4.23. The lowest BCUT2D eigenvalue weighted by molar-refractivity contribution is 0.0590. The molecule has 2 heteroatoms. The molecule has 0 radical (unpaired) electrons.